The number of nitrogens with one attached hydrogen (secondary N) is 2. The number of carbonyl (C=O) groups excluding carboxylic acids is 1. The third-order valence-electron chi connectivity index (χ3n) is 3.02. The first kappa shape index (κ1) is 15.4. The van der Waals surface area contributed by atoms with Gasteiger partial charge in [0.05, 0.1) is 16.8 Å². The monoisotopic (exact) mass is 304 g/mol. The number of rotatable bonds is 6. The molecule has 0 aliphatic rings. The van der Waals surface area contributed by atoms with Crippen molar-refractivity contribution in [3.05, 3.63) is 40.6 Å². The lowest BCUT2D eigenvalue weighted by molar-refractivity contribution is 0.0912. The third kappa shape index (κ3) is 3.78. The molecular formula is C15H20N4OS. The summed E-state index contributed by atoms with van der Waals surface area (Å²) in [4.78, 5) is 20.9. The Morgan fingerprint density at radius 2 is 2.19 bits per heavy atom. The molecule has 0 unspecified atom stereocenters. The van der Waals surface area contributed by atoms with E-state index in [-0.39, 0.29) is 5.91 Å². The summed E-state index contributed by atoms with van der Waals surface area (Å²) < 4.78 is 0. The Bertz CT molecular complexity index is 595. The summed E-state index contributed by atoms with van der Waals surface area (Å²) in [7, 11) is 0. The minimum absolute atomic E-state index is 0.151. The van der Waals surface area contributed by atoms with E-state index in [1.54, 1.807) is 18.6 Å². The van der Waals surface area contributed by atoms with Gasteiger partial charge < -0.3 is 10.6 Å². The molecule has 6 heteroatoms. The molecule has 2 aromatic heterocycles. The predicted octanol–water partition coefficient (Wildman–Crippen LogP) is 3.03. The van der Waals surface area contributed by atoms with Gasteiger partial charge in [-0.2, -0.15) is 0 Å². The van der Waals surface area contributed by atoms with Gasteiger partial charge in [0.15, 0.2) is 0 Å². The van der Waals surface area contributed by atoms with Crippen LogP contribution in [0.4, 0.5) is 5.69 Å². The standard InChI is InChI=1S/C15H20N4OS/c1-4-6-17-12-5-7-16-10-11(12)13(20)19-15(2,3)14-18-8-9-21-14/h5,7-10H,4,6H2,1-3H3,(H,16,17)(H,19,20). The average molecular weight is 304 g/mol. The summed E-state index contributed by atoms with van der Waals surface area (Å²) in [5, 5.41) is 9.05. The van der Waals surface area contributed by atoms with E-state index >= 15 is 0 Å². The SMILES string of the molecule is CCCNc1ccncc1C(=O)NC(C)(C)c1nccs1. The van der Waals surface area contributed by atoms with Crippen molar-refractivity contribution in [2.45, 2.75) is 32.7 Å². The van der Waals surface area contributed by atoms with Gasteiger partial charge in [0.25, 0.3) is 5.91 Å². The second-order valence-corrected chi connectivity index (χ2v) is 6.16. The van der Waals surface area contributed by atoms with Gasteiger partial charge in [-0.15, -0.1) is 11.3 Å². The van der Waals surface area contributed by atoms with Crippen LogP contribution in [0.1, 0.15) is 42.6 Å². The molecule has 0 spiro atoms. The molecule has 1 amide bonds. The van der Waals surface area contributed by atoms with E-state index in [9.17, 15) is 4.79 Å². The predicted molar refractivity (Wildman–Crippen MR) is 85.6 cm³/mol. The van der Waals surface area contributed by atoms with Crippen LogP contribution >= 0.6 is 11.3 Å². The van der Waals surface area contributed by atoms with Crippen LogP contribution in [0.2, 0.25) is 0 Å². The van der Waals surface area contributed by atoms with Gasteiger partial charge in [0, 0.05) is 30.5 Å². The number of carbonyl (C=O) groups is 1. The molecule has 0 bridgehead atoms. The van der Waals surface area contributed by atoms with Crippen LogP contribution < -0.4 is 10.6 Å². The number of thiazole rings is 1. The van der Waals surface area contributed by atoms with Crippen molar-refractivity contribution in [3.63, 3.8) is 0 Å². The molecule has 0 fully saturated rings. The van der Waals surface area contributed by atoms with E-state index in [1.165, 1.54) is 11.3 Å². The number of aromatic nitrogens is 2. The highest BCUT2D eigenvalue weighted by molar-refractivity contribution is 7.09. The molecule has 2 rings (SSSR count). The smallest absolute Gasteiger partial charge is 0.255 e. The minimum atomic E-state index is -0.511. The minimum Gasteiger partial charge on any atom is -0.384 e. The summed E-state index contributed by atoms with van der Waals surface area (Å²) in [5.41, 5.74) is 0.846. The molecule has 112 valence electrons. The maximum absolute atomic E-state index is 12.5. The van der Waals surface area contributed by atoms with Crippen molar-refractivity contribution >= 4 is 22.9 Å². The zero-order chi connectivity index (χ0) is 15.3. The van der Waals surface area contributed by atoms with E-state index in [0.717, 1.165) is 23.7 Å². The zero-order valence-electron chi connectivity index (χ0n) is 12.5. The fourth-order valence-corrected chi connectivity index (χ4v) is 2.64. The molecule has 0 saturated heterocycles. The molecule has 2 aromatic rings. The fourth-order valence-electron chi connectivity index (χ4n) is 1.93. The zero-order valence-corrected chi connectivity index (χ0v) is 13.3. The van der Waals surface area contributed by atoms with Gasteiger partial charge in [-0.25, -0.2) is 4.98 Å². The topological polar surface area (TPSA) is 66.9 Å². The van der Waals surface area contributed by atoms with Gasteiger partial charge >= 0.3 is 0 Å². The number of anilines is 1. The van der Waals surface area contributed by atoms with Crippen molar-refractivity contribution in [2.75, 3.05) is 11.9 Å². The van der Waals surface area contributed by atoms with Crippen LogP contribution in [0.25, 0.3) is 0 Å². The lowest BCUT2D eigenvalue weighted by Gasteiger charge is -2.24. The van der Waals surface area contributed by atoms with Crippen molar-refractivity contribution < 1.29 is 4.79 Å². The normalized spacial score (nSPS) is 11.2. The molecule has 0 atom stereocenters. The maximum Gasteiger partial charge on any atom is 0.255 e. The number of hydrogen-bond acceptors (Lipinski definition) is 5. The van der Waals surface area contributed by atoms with Crippen LogP contribution in [-0.4, -0.2) is 22.4 Å². The fraction of sp³-hybridized carbons (Fsp3) is 0.400. The summed E-state index contributed by atoms with van der Waals surface area (Å²) in [6, 6.07) is 1.82. The van der Waals surface area contributed by atoms with E-state index < -0.39 is 5.54 Å². The Balaban J connectivity index is 2.17. The molecule has 0 aliphatic heterocycles. The molecule has 5 nitrogen and oxygen atoms in total. The van der Waals surface area contributed by atoms with Crippen molar-refractivity contribution in [2.24, 2.45) is 0 Å². The lowest BCUT2D eigenvalue weighted by Crippen LogP contribution is -2.41. The average Bonchev–Trinajstić information content (AvgIpc) is 3.00. The summed E-state index contributed by atoms with van der Waals surface area (Å²) in [5.74, 6) is -0.151. The molecule has 2 N–H and O–H groups in total. The van der Waals surface area contributed by atoms with Crippen LogP contribution in [0, 0.1) is 0 Å². The maximum atomic E-state index is 12.5. The molecule has 0 saturated carbocycles. The van der Waals surface area contributed by atoms with E-state index in [1.807, 2.05) is 25.3 Å². The summed E-state index contributed by atoms with van der Waals surface area (Å²) in [6.07, 6.45) is 6.01. The largest absolute Gasteiger partial charge is 0.384 e. The molecule has 0 aliphatic carbocycles. The highest BCUT2D eigenvalue weighted by atomic mass is 32.1. The molecular weight excluding hydrogens is 284 g/mol. The highest BCUT2D eigenvalue weighted by Crippen LogP contribution is 2.23. The van der Waals surface area contributed by atoms with Crippen LogP contribution in [0.15, 0.2) is 30.0 Å². The van der Waals surface area contributed by atoms with E-state index in [2.05, 4.69) is 27.5 Å². The van der Waals surface area contributed by atoms with Crippen LogP contribution in [0.5, 0.6) is 0 Å². The first-order chi connectivity index (χ1) is 10.0. The van der Waals surface area contributed by atoms with Gasteiger partial charge in [-0.3, -0.25) is 9.78 Å². The van der Waals surface area contributed by atoms with E-state index in [4.69, 9.17) is 0 Å². The molecule has 21 heavy (non-hydrogen) atoms. The van der Waals surface area contributed by atoms with E-state index in [0.29, 0.717) is 5.56 Å². The second kappa shape index (κ2) is 6.67. The van der Waals surface area contributed by atoms with Crippen molar-refractivity contribution in [3.8, 4) is 0 Å². The van der Waals surface area contributed by atoms with Gasteiger partial charge in [-0.05, 0) is 26.3 Å². The summed E-state index contributed by atoms with van der Waals surface area (Å²) >= 11 is 1.53. The number of amides is 1. The Hall–Kier alpha value is -1.95. The Labute approximate surface area is 128 Å². The van der Waals surface area contributed by atoms with Crippen molar-refractivity contribution in [1.29, 1.82) is 0 Å². The van der Waals surface area contributed by atoms with Crippen LogP contribution in [0.3, 0.4) is 0 Å². The highest BCUT2D eigenvalue weighted by Gasteiger charge is 2.26. The number of pyridine rings is 1. The Kier molecular flexibility index (Phi) is 4.90. The second-order valence-electron chi connectivity index (χ2n) is 5.26. The molecule has 0 aromatic carbocycles. The molecule has 2 heterocycles. The lowest BCUT2D eigenvalue weighted by atomic mass is 10.1. The quantitative estimate of drug-likeness (QED) is 0.861. The Morgan fingerprint density at radius 1 is 1.38 bits per heavy atom. The van der Waals surface area contributed by atoms with Gasteiger partial charge in [-0.1, -0.05) is 6.92 Å². The van der Waals surface area contributed by atoms with Crippen molar-refractivity contribution in [1.82, 2.24) is 15.3 Å². The number of nitrogens with zero attached hydrogens (tertiary/aromatic N) is 2. The van der Waals surface area contributed by atoms with Gasteiger partial charge in [0.2, 0.25) is 0 Å². The first-order valence-corrected chi connectivity index (χ1v) is 7.83. The third-order valence-corrected chi connectivity index (χ3v) is 4.12. The molecule has 0 radical (unpaired) electrons. The first-order valence-electron chi connectivity index (χ1n) is 6.95. The Morgan fingerprint density at radius 3 is 2.86 bits per heavy atom. The number of hydrogen-bond donors (Lipinski definition) is 2. The summed E-state index contributed by atoms with van der Waals surface area (Å²) in [6.45, 7) is 6.79. The van der Waals surface area contributed by atoms with Crippen LogP contribution in [-0.2, 0) is 5.54 Å². The van der Waals surface area contributed by atoms with Gasteiger partial charge in [0.1, 0.15) is 5.01 Å².